The predicted molar refractivity (Wildman–Crippen MR) is 78.0 cm³/mol. The number of carbonyl (C=O) groups excluding carboxylic acids is 1. The van der Waals surface area contributed by atoms with Crippen LogP contribution in [0.25, 0.3) is 0 Å². The second kappa shape index (κ2) is 5.99. The molecule has 0 spiro atoms. The third-order valence-electron chi connectivity index (χ3n) is 3.88. The summed E-state index contributed by atoms with van der Waals surface area (Å²) in [5, 5.41) is 0. The lowest BCUT2D eigenvalue weighted by molar-refractivity contribution is -0.129. The average Bonchev–Trinajstić information content (AvgIpc) is 2.86. The van der Waals surface area contributed by atoms with Crippen LogP contribution in [-0.4, -0.2) is 31.6 Å². The first-order valence-corrected chi connectivity index (χ1v) is 6.74. The molecule has 1 aromatic rings. The lowest BCUT2D eigenvalue weighted by Gasteiger charge is -2.26. The van der Waals surface area contributed by atoms with Crippen molar-refractivity contribution in [2.75, 3.05) is 20.8 Å². The van der Waals surface area contributed by atoms with Crippen LogP contribution >= 0.6 is 0 Å². The van der Waals surface area contributed by atoms with Gasteiger partial charge >= 0.3 is 0 Å². The zero-order valence-corrected chi connectivity index (χ0v) is 12.3. The number of amides is 1. The highest BCUT2D eigenvalue weighted by Gasteiger charge is 2.32. The molecule has 1 aliphatic rings. The van der Waals surface area contributed by atoms with E-state index in [2.05, 4.69) is 6.58 Å². The molecule has 108 valence electrons. The van der Waals surface area contributed by atoms with Gasteiger partial charge in [0, 0.05) is 24.4 Å². The van der Waals surface area contributed by atoms with Gasteiger partial charge in [-0.1, -0.05) is 6.08 Å². The van der Waals surface area contributed by atoms with Crippen LogP contribution < -0.4 is 9.47 Å². The Morgan fingerprint density at radius 2 is 2.15 bits per heavy atom. The molecule has 0 saturated carbocycles. The number of nitrogens with zero attached hydrogens (tertiary/aromatic N) is 1. The Morgan fingerprint density at radius 1 is 1.40 bits per heavy atom. The van der Waals surface area contributed by atoms with Crippen LogP contribution in [0.4, 0.5) is 0 Å². The highest BCUT2D eigenvalue weighted by atomic mass is 16.5. The fourth-order valence-electron chi connectivity index (χ4n) is 2.63. The minimum atomic E-state index is -0.0440. The summed E-state index contributed by atoms with van der Waals surface area (Å²) in [7, 11) is 3.27. The Labute approximate surface area is 120 Å². The molecule has 1 aliphatic heterocycles. The van der Waals surface area contributed by atoms with Gasteiger partial charge in [0.15, 0.2) is 0 Å². The Bertz CT molecular complexity index is 512. The molecule has 1 fully saturated rings. The molecule has 1 heterocycles. The van der Waals surface area contributed by atoms with Crippen LogP contribution in [0.15, 0.2) is 30.9 Å². The van der Waals surface area contributed by atoms with E-state index in [9.17, 15) is 4.79 Å². The van der Waals surface area contributed by atoms with E-state index in [0.717, 1.165) is 17.1 Å². The maximum atomic E-state index is 12.1. The molecule has 4 heteroatoms. The summed E-state index contributed by atoms with van der Waals surface area (Å²) in [6.07, 6.45) is 2.40. The van der Waals surface area contributed by atoms with Gasteiger partial charge in [-0.3, -0.25) is 4.79 Å². The van der Waals surface area contributed by atoms with Crippen LogP contribution in [-0.2, 0) is 4.79 Å². The zero-order valence-electron chi connectivity index (χ0n) is 12.3. The third-order valence-corrected chi connectivity index (χ3v) is 3.88. The minimum Gasteiger partial charge on any atom is -0.497 e. The van der Waals surface area contributed by atoms with Crippen LogP contribution in [0.5, 0.6) is 11.5 Å². The van der Waals surface area contributed by atoms with Gasteiger partial charge in [0.1, 0.15) is 11.5 Å². The van der Waals surface area contributed by atoms with E-state index in [-0.39, 0.29) is 17.9 Å². The van der Waals surface area contributed by atoms with Crippen molar-refractivity contribution in [3.8, 4) is 11.5 Å². The largest absolute Gasteiger partial charge is 0.497 e. The van der Waals surface area contributed by atoms with E-state index in [1.165, 1.54) is 0 Å². The van der Waals surface area contributed by atoms with Crippen LogP contribution in [0.1, 0.15) is 24.9 Å². The van der Waals surface area contributed by atoms with Crippen molar-refractivity contribution in [1.82, 2.24) is 4.90 Å². The molecule has 2 atom stereocenters. The van der Waals surface area contributed by atoms with Gasteiger partial charge in [0.05, 0.1) is 20.3 Å². The molecule has 0 bridgehead atoms. The van der Waals surface area contributed by atoms with Crippen molar-refractivity contribution in [2.24, 2.45) is 5.92 Å². The molecule has 0 N–H and O–H groups in total. The smallest absolute Gasteiger partial charge is 0.223 e. The summed E-state index contributed by atoms with van der Waals surface area (Å²) in [6.45, 7) is 6.51. The quantitative estimate of drug-likeness (QED) is 0.776. The molecule has 1 aromatic carbocycles. The van der Waals surface area contributed by atoms with E-state index < -0.39 is 0 Å². The van der Waals surface area contributed by atoms with Crippen molar-refractivity contribution in [3.63, 3.8) is 0 Å². The predicted octanol–water partition coefficient (Wildman–Crippen LogP) is 2.80. The van der Waals surface area contributed by atoms with Crippen molar-refractivity contribution in [3.05, 3.63) is 36.4 Å². The van der Waals surface area contributed by atoms with Crippen LogP contribution in [0.2, 0.25) is 0 Å². The Balaban J connectivity index is 2.30. The van der Waals surface area contributed by atoms with E-state index in [1.54, 1.807) is 14.2 Å². The molecular formula is C16H21NO3. The van der Waals surface area contributed by atoms with E-state index in [1.807, 2.05) is 36.1 Å². The lowest BCUT2D eigenvalue weighted by atomic mass is 10.1. The van der Waals surface area contributed by atoms with Crippen molar-refractivity contribution in [1.29, 1.82) is 0 Å². The topological polar surface area (TPSA) is 38.8 Å². The number of carbonyl (C=O) groups is 1. The standard InChI is InChI=1S/C16H21NO3/c1-5-12-8-16(18)17(10-12)11(2)14-9-13(19-3)6-7-15(14)20-4/h5-7,9,11-12H,1,8,10H2,2-4H3. The van der Waals surface area contributed by atoms with Gasteiger partial charge in [0.25, 0.3) is 0 Å². The zero-order chi connectivity index (χ0) is 14.7. The highest BCUT2D eigenvalue weighted by molar-refractivity contribution is 5.79. The number of likely N-dealkylation sites (tertiary alicyclic amines) is 1. The molecule has 2 unspecified atom stereocenters. The first-order chi connectivity index (χ1) is 9.60. The SMILES string of the molecule is C=CC1CC(=O)N(C(C)c2cc(OC)ccc2OC)C1. The normalized spacial score (nSPS) is 19.9. The third kappa shape index (κ3) is 2.64. The molecule has 1 saturated heterocycles. The molecule has 0 aliphatic carbocycles. The second-order valence-corrected chi connectivity index (χ2v) is 5.03. The van der Waals surface area contributed by atoms with Crippen LogP contribution in [0.3, 0.4) is 0 Å². The van der Waals surface area contributed by atoms with Crippen molar-refractivity contribution in [2.45, 2.75) is 19.4 Å². The summed E-state index contributed by atoms with van der Waals surface area (Å²) in [6, 6.07) is 5.61. The van der Waals surface area contributed by atoms with E-state index in [4.69, 9.17) is 9.47 Å². The van der Waals surface area contributed by atoms with E-state index >= 15 is 0 Å². The monoisotopic (exact) mass is 275 g/mol. The highest BCUT2D eigenvalue weighted by Crippen LogP contribution is 2.35. The van der Waals surface area contributed by atoms with Crippen molar-refractivity contribution >= 4 is 5.91 Å². The number of methoxy groups -OCH3 is 2. The number of rotatable bonds is 5. The van der Waals surface area contributed by atoms with Gasteiger partial charge in [-0.15, -0.1) is 6.58 Å². The summed E-state index contributed by atoms with van der Waals surface area (Å²) in [4.78, 5) is 14.0. The summed E-state index contributed by atoms with van der Waals surface area (Å²) < 4.78 is 10.7. The first kappa shape index (κ1) is 14.4. The number of ether oxygens (including phenoxy) is 2. The molecule has 4 nitrogen and oxygen atoms in total. The van der Waals surface area contributed by atoms with Crippen molar-refractivity contribution < 1.29 is 14.3 Å². The Kier molecular flexibility index (Phi) is 4.32. The Morgan fingerprint density at radius 3 is 2.70 bits per heavy atom. The Hall–Kier alpha value is -1.97. The molecule has 0 radical (unpaired) electrons. The van der Waals surface area contributed by atoms with E-state index in [0.29, 0.717) is 13.0 Å². The summed E-state index contributed by atoms with van der Waals surface area (Å²) >= 11 is 0. The summed E-state index contributed by atoms with van der Waals surface area (Å²) in [5.74, 6) is 1.93. The summed E-state index contributed by atoms with van der Waals surface area (Å²) in [5.41, 5.74) is 0.963. The lowest BCUT2D eigenvalue weighted by Crippen LogP contribution is -2.28. The minimum absolute atomic E-state index is 0.0440. The fourth-order valence-corrected chi connectivity index (χ4v) is 2.63. The number of hydrogen-bond donors (Lipinski definition) is 0. The maximum Gasteiger partial charge on any atom is 0.223 e. The number of hydrogen-bond acceptors (Lipinski definition) is 3. The maximum absolute atomic E-state index is 12.1. The molecule has 1 amide bonds. The fraction of sp³-hybridized carbons (Fsp3) is 0.438. The van der Waals surface area contributed by atoms with Gasteiger partial charge in [-0.05, 0) is 25.1 Å². The molecular weight excluding hydrogens is 254 g/mol. The van der Waals surface area contributed by atoms with Gasteiger partial charge < -0.3 is 14.4 Å². The molecule has 2 rings (SSSR count). The molecule has 0 aromatic heterocycles. The molecule has 20 heavy (non-hydrogen) atoms. The number of benzene rings is 1. The van der Waals surface area contributed by atoms with Gasteiger partial charge in [0.2, 0.25) is 5.91 Å². The van der Waals surface area contributed by atoms with Crippen LogP contribution in [0, 0.1) is 5.92 Å². The first-order valence-electron chi connectivity index (χ1n) is 6.74. The van der Waals surface area contributed by atoms with Gasteiger partial charge in [-0.25, -0.2) is 0 Å². The average molecular weight is 275 g/mol. The second-order valence-electron chi connectivity index (χ2n) is 5.03. The van der Waals surface area contributed by atoms with Gasteiger partial charge in [-0.2, -0.15) is 0 Å².